The highest BCUT2D eigenvalue weighted by atomic mass is 16.5. The summed E-state index contributed by atoms with van der Waals surface area (Å²) in [5.41, 5.74) is 5.58. The summed E-state index contributed by atoms with van der Waals surface area (Å²) in [5, 5.41) is 0. The maximum absolute atomic E-state index is 5.70. The first-order chi connectivity index (χ1) is 7.31. The van der Waals surface area contributed by atoms with E-state index in [0.717, 1.165) is 37.7 Å². The minimum absolute atomic E-state index is 0.246. The number of rotatable bonds is 3. The summed E-state index contributed by atoms with van der Waals surface area (Å²) in [4.78, 5) is 4.31. The van der Waals surface area contributed by atoms with Crippen LogP contribution in [0.4, 0.5) is 0 Å². The zero-order valence-corrected chi connectivity index (χ0v) is 9.11. The summed E-state index contributed by atoms with van der Waals surface area (Å²) in [6.45, 7) is 4.23. The molecule has 84 valence electrons. The van der Waals surface area contributed by atoms with Crippen LogP contribution in [-0.4, -0.2) is 24.7 Å². The van der Waals surface area contributed by atoms with E-state index >= 15 is 0 Å². The molecular weight excluding hydrogens is 192 g/mol. The predicted molar refractivity (Wildman–Crippen MR) is 56.8 cm³/mol. The second-order valence-corrected chi connectivity index (χ2v) is 4.15. The normalized spacial score (nSPS) is 24.0. The molecular formula is C11H18N2O2. The quantitative estimate of drug-likeness (QED) is 0.823. The molecule has 2 rings (SSSR count). The third-order valence-corrected chi connectivity index (χ3v) is 2.89. The Morgan fingerprint density at radius 2 is 2.53 bits per heavy atom. The van der Waals surface area contributed by atoms with Gasteiger partial charge in [-0.1, -0.05) is 6.92 Å². The number of hydrogen-bond acceptors (Lipinski definition) is 4. The van der Waals surface area contributed by atoms with E-state index in [-0.39, 0.29) is 5.92 Å². The van der Waals surface area contributed by atoms with Gasteiger partial charge in [0.15, 0.2) is 5.89 Å². The first-order valence-corrected chi connectivity index (χ1v) is 5.54. The van der Waals surface area contributed by atoms with Crippen LogP contribution in [0.5, 0.6) is 0 Å². The van der Waals surface area contributed by atoms with Crippen molar-refractivity contribution in [3.8, 4) is 0 Å². The van der Waals surface area contributed by atoms with Crippen molar-refractivity contribution in [3.05, 3.63) is 17.8 Å². The van der Waals surface area contributed by atoms with Crippen molar-refractivity contribution in [2.45, 2.75) is 31.6 Å². The van der Waals surface area contributed by atoms with Crippen molar-refractivity contribution in [1.29, 1.82) is 0 Å². The zero-order valence-electron chi connectivity index (χ0n) is 9.11. The van der Waals surface area contributed by atoms with E-state index in [1.54, 1.807) is 6.20 Å². The fraction of sp³-hybridized carbons (Fsp3) is 0.727. The largest absolute Gasteiger partial charge is 0.445 e. The summed E-state index contributed by atoms with van der Waals surface area (Å²) >= 11 is 0. The van der Waals surface area contributed by atoms with Gasteiger partial charge in [-0.2, -0.15) is 0 Å². The van der Waals surface area contributed by atoms with Gasteiger partial charge in [0.05, 0.1) is 18.7 Å². The van der Waals surface area contributed by atoms with Crippen LogP contribution in [0.1, 0.15) is 43.3 Å². The highest BCUT2D eigenvalue weighted by molar-refractivity contribution is 5.04. The number of nitrogens with zero attached hydrogens (tertiary/aromatic N) is 1. The van der Waals surface area contributed by atoms with E-state index in [1.165, 1.54) is 0 Å². The van der Waals surface area contributed by atoms with E-state index in [1.807, 2.05) is 6.92 Å². The molecule has 2 atom stereocenters. The summed E-state index contributed by atoms with van der Waals surface area (Å²) in [6.07, 6.45) is 3.99. The molecule has 0 saturated carbocycles. The molecule has 0 aliphatic carbocycles. The molecule has 1 aliphatic heterocycles. The fourth-order valence-electron chi connectivity index (χ4n) is 1.77. The lowest BCUT2D eigenvalue weighted by atomic mass is 10.0. The monoisotopic (exact) mass is 210 g/mol. The van der Waals surface area contributed by atoms with Gasteiger partial charge in [0, 0.05) is 19.1 Å². The molecule has 0 radical (unpaired) electrons. The molecule has 1 aromatic rings. The van der Waals surface area contributed by atoms with Gasteiger partial charge in [-0.05, 0) is 12.8 Å². The van der Waals surface area contributed by atoms with Gasteiger partial charge in [0.1, 0.15) is 5.76 Å². The first-order valence-electron chi connectivity index (χ1n) is 5.54. The van der Waals surface area contributed by atoms with E-state index < -0.39 is 0 Å². The maximum atomic E-state index is 5.70. The first kappa shape index (κ1) is 10.6. The summed E-state index contributed by atoms with van der Waals surface area (Å²) in [6, 6.07) is 0. The Morgan fingerprint density at radius 1 is 1.67 bits per heavy atom. The van der Waals surface area contributed by atoms with Gasteiger partial charge in [-0.3, -0.25) is 0 Å². The molecule has 2 N–H and O–H groups in total. The Labute approximate surface area is 89.8 Å². The molecule has 1 aliphatic rings. The lowest BCUT2D eigenvalue weighted by Crippen LogP contribution is -2.15. The Morgan fingerprint density at radius 3 is 3.20 bits per heavy atom. The third-order valence-electron chi connectivity index (χ3n) is 2.89. The summed E-state index contributed by atoms with van der Waals surface area (Å²) in [7, 11) is 0. The van der Waals surface area contributed by atoms with E-state index in [2.05, 4.69) is 4.98 Å². The van der Waals surface area contributed by atoms with Crippen molar-refractivity contribution < 1.29 is 9.15 Å². The molecule has 1 aromatic heterocycles. The average molecular weight is 210 g/mol. The molecule has 1 saturated heterocycles. The van der Waals surface area contributed by atoms with Gasteiger partial charge >= 0.3 is 0 Å². The number of aromatic nitrogens is 1. The van der Waals surface area contributed by atoms with Crippen molar-refractivity contribution >= 4 is 0 Å². The van der Waals surface area contributed by atoms with Crippen LogP contribution in [0.15, 0.2) is 10.6 Å². The Bertz CT molecular complexity index is 305. The molecule has 0 aromatic carbocycles. The third kappa shape index (κ3) is 2.38. The predicted octanol–water partition coefficient (Wildman–Crippen LogP) is 1.63. The minimum atomic E-state index is 0.246. The van der Waals surface area contributed by atoms with Crippen molar-refractivity contribution in [2.75, 3.05) is 19.8 Å². The average Bonchev–Trinajstić information content (AvgIpc) is 2.78. The Balaban J connectivity index is 2.05. The lowest BCUT2D eigenvalue weighted by molar-refractivity contribution is 0.0720. The van der Waals surface area contributed by atoms with E-state index in [0.29, 0.717) is 12.5 Å². The van der Waals surface area contributed by atoms with Gasteiger partial charge in [-0.15, -0.1) is 0 Å². The van der Waals surface area contributed by atoms with Gasteiger partial charge in [0.25, 0.3) is 0 Å². The lowest BCUT2D eigenvalue weighted by Gasteiger charge is -2.18. The van der Waals surface area contributed by atoms with Crippen LogP contribution in [0, 0.1) is 0 Å². The number of ether oxygens (including phenoxy) is 1. The van der Waals surface area contributed by atoms with Crippen molar-refractivity contribution in [3.63, 3.8) is 0 Å². The van der Waals surface area contributed by atoms with Crippen LogP contribution < -0.4 is 5.73 Å². The van der Waals surface area contributed by atoms with Crippen molar-refractivity contribution in [2.24, 2.45) is 5.73 Å². The Kier molecular flexibility index (Phi) is 3.38. The molecule has 4 heteroatoms. The zero-order chi connectivity index (χ0) is 10.7. The highest BCUT2D eigenvalue weighted by Gasteiger charge is 2.21. The molecule has 0 spiro atoms. The van der Waals surface area contributed by atoms with Crippen LogP contribution in [0.25, 0.3) is 0 Å². The molecule has 0 amide bonds. The number of nitrogens with two attached hydrogens (primary N) is 1. The van der Waals surface area contributed by atoms with Crippen LogP contribution in [0.2, 0.25) is 0 Å². The SMILES string of the molecule is CC(CN)c1cnc(C2CCCOC2)o1. The topological polar surface area (TPSA) is 61.3 Å². The number of hydrogen-bond donors (Lipinski definition) is 1. The molecule has 15 heavy (non-hydrogen) atoms. The van der Waals surface area contributed by atoms with Gasteiger partial charge < -0.3 is 14.9 Å². The molecule has 2 heterocycles. The molecule has 0 bridgehead atoms. The minimum Gasteiger partial charge on any atom is -0.445 e. The Hall–Kier alpha value is -0.870. The number of oxazole rings is 1. The van der Waals surface area contributed by atoms with Gasteiger partial charge in [-0.25, -0.2) is 4.98 Å². The fourth-order valence-corrected chi connectivity index (χ4v) is 1.77. The van der Waals surface area contributed by atoms with Crippen molar-refractivity contribution in [1.82, 2.24) is 4.98 Å². The standard InChI is InChI=1S/C11H18N2O2/c1-8(5-12)10-6-13-11(15-10)9-3-2-4-14-7-9/h6,8-9H,2-5,7,12H2,1H3. The second-order valence-electron chi connectivity index (χ2n) is 4.15. The van der Waals surface area contributed by atoms with E-state index in [4.69, 9.17) is 14.9 Å². The molecule has 4 nitrogen and oxygen atoms in total. The molecule has 1 fully saturated rings. The smallest absolute Gasteiger partial charge is 0.199 e. The van der Waals surface area contributed by atoms with E-state index in [9.17, 15) is 0 Å². The van der Waals surface area contributed by atoms with Crippen LogP contribution in [-0.2, 0) is 4.74 Å². The van der Waals surface area contributed by atoms with Crippen LogP contribution in [0.3, 0.4) is 0 Å². The summed E-state index contributed by atoms with van der Waals surface area (Å²) < 4.78 is 11.1. The van der Waals surface area contributed by atoms with Crippen LogP contribution >= 0.6 is 0 Å². The van der Waals surface area contributed by atoms with Gasteiger partial charge in [0.2, 0.25) is 0 Å². The maximum Gasteiger partial charge on any atom is 0.199 e. The summed E-state index contributed by atoms with van der Waals surface area (Å²) in [5.74, 6) is 2.27. The highest BCUT2D eigenvalue weighted by Crippen LogP contribution is 2.26. The second kappa shape index (κ2) is 4.77. The molecule has 2 unspecified atom stereocenters.